The van der Waals surface area contributed by atoms with Gasteiger partial charge in [0.1, 0.15) is 5.82 Å². The average molecular weight is 1150 g/mol. The Balaban J connectivity index is 0.00000690. The molecule has 1 aliphatic heterocycles. The second-order valence-electron chi connectivity index (χ2n) is 19.7. The van der Waals surface area contributed by atoms with Gasteiger partial charge in [0.25, 0.3) is 6.33 Å². The third-order valence-electron chi connectivity index (χ3n) is 13.7. The summed E-state index contributed by atoms with van der Waals surface area (Å²) in [6, 6.07) is 43.4. The van der Waals surface area contributed by atoms with Crippen LogP contribution >= 0.6 is 0 Å². The van der Waals surface area contributed by atoms with Crippen LogP contribution in [-0.4, -0.2) is 30.6 Å². The Morgan fingerprint density at radius 3 is 1.94 bits per heavy atom. The number of para-hydroxylation sites is 4. The summed E-state index contributed by atoms with van der Waals surface area (Å²) in [6.07, 6.45) is 5.32. The number of imidazole rings is 1. The predicted molar refractivity (Wildman–Crippen MR) is 293 cm³/mol. The molecule has 0 saturated heterocycles. The van der Waals surface area contributed by atoms with Crippen molar-refractivity contribution in [3.05, 3.63) is 218 Å². The number of hydrogen-bond donors (Lipinski definition) is 0. The van der Waals surface area contributed by atoms with Gasteiger partial charge in [-0.05, 0) is 111 Å². The molecule has 0 saturated carbocycles. The van der Waals surface area contributed by atoms with Gasteiger partial charge in [-0.2, -0.15) is 18.2 Å². The van der Waals surface area contributed by atoms with Crippen molar-refractivity contribution >= 4 is 65.4 Å². The Bertz CT molecular complexity index is 4280. The molecule has 3 aromatic heterocycles. The summed E-state index contributed by atoms with van der Waals surface area (Å²) in [4.78, 5) is 5.02. The van der Waals surface area contributed by atoms with Gasteiger partial charge in [-0.25, -0.2) is 4.98 Å². The van der Waals surface area contributed by atoms with E-state index in [1.807, 2.05) is 48.7 Å². The maximum atomic E-state index is 9.07. The number of anilines is 1. The normalized spacial score (nSPS) is 15.9. The van der Waals surface area contributed by atoms with Crippen LogP contribution in [0.2, 0.25) is 26.2 Å². The smallest absolute Gasteiger partial charge is 0.268 e. The Morgan fingerprint density at radius 1 is 0.620 bits per heavy atom. The van der Waals surface area contributed by atoms with Crippen molar-refractivity contribution in [2.45, 2.75) is 52.4 Å². The quantitative estimate of drug-likeness (QED) is 0.0865. The van der Waals surface area contributed by atoms with Gasteiger partial charge in [-0.15, -0.1) is 29.7 Å². The van der Waals surface area contributed by atoms with E-state index in [9.17, 15) is 0 Å². The maximum absolute atomic E-state index is 9.07. The van der Waals surface area contributed by atoms with Gasteiger partial charge in [0.15, 0.2) is 16.5 Å². The fourth-order valence-corrected chi connectivity index (χ4v) is 23.2. The summed E-state index contributed by atoms with van der Waals surface area (Å²) in [5, 5.41) is 4.99. The molecule has 1 aliphatic rings. The average Bonchev–Trinajstić information content (AvgIpc) is 3.66. The molecule has 0 atom stereocenters. The molecule has 0 spiro atoms. The largest absolute Gasteiger partial charge is 0.510 e. The zero-order valence-corrected chi connectivity index (χ0v) is 44.4. The molecule has 8 aromatic carbocycles. The number of pyridine rings is 1. The monoisotopic (exact) mass is 1140 g/mol. The van der Waals surface area contributed by atoms with E-state index in [4.69, 9.17) is 23.4 Å². The second-order valence-corrected chi connectivity index (χ2v) is 28.4. The van der Waals surface area contributed by atoms with Gasteiger partial charge < -0.3 is 18.1 Å². The summed E-state index contributed by atoms with van der Waals surface area (Å²) in [6.45, 7) is 16.4. The summed E-state index contributed by atoms with van der Waals surface area (Å²) in [5.41, 5.74) is 5.97. The molecule has 0 radical (unpaired) electrons. The molecule has 0 N–H and O–H groups in total. The number of ether oxygens (including phenoxy) is 1. The Kier molecular flexibility index (Phi) is 8.92. The fourth-order valence-electron chi connectivity index (χ4n) is 10.6. The minimum Gasteiger partial charge on any atom is -0.510 e. The molecule has 0 unspecified atom stereocenters. The van der Waals surface area contributed by atoms with Crippen molar-refractivity contribution in [3.63, 3.8) is 0 Å². The standard InChI is InChI=1S/C62H53N5OSi2.Pt/c1-62(2,3)45-35-36-63-60(37-45)66-56-39-49(33-34-52(56)53-40-58-59(41-57(53)66)70(6,7)67(69(58,4)5)46-25-15-10-16-26-46)68-48-28-19-27-47(38-48)64-42-65(55-32-18-17-31-54(55)64)61-50(43-21-11-8-12-22-43)29-20-30-51(61)44-23-13-9-14-24-44;/h8-37,40-41H,1-7H3;/q-2;/i8D,9D,11D,12D,13D,14D,21D,22D,23D,24D;. The third-order valence-corrected chi connectivity index (χ3v) is 23.5. The van der Waals surface area contributed by atoms with E-state index in [1.165, 1.54) is 16.1 Å². The van der Waals surface area contributed by atoms with Crippen molar-refractivity contribution in [3.8, 4) is 50.9 Å². The topological polar surface area (TPSA) is 39.1 Å². The molecular formula is C62H53N5OPtSi2-2. The molecule has 0 aliphatic carbocycles. The van der Waals surface area contributed by atoms with Gasteiger partial charge >= 0.3 is 0 Å². The molecule has 0 bridgehead atoms. The first kappa shape index (κ1) is 35.9. The number of nitrogens with zero attached hydrogens (tertiary/aromatic N) is 5. The van der Waals surface area contributed by atoms with Gasteiger partial charge in [-0.1, -0.05) is 153 Å². The molecule has 6 nitrogen and oxygen atoms in total. The first-order chi connectivity index (χ1) is 38.0. The van der Waals surface area contributed by atoms with Crippen molar-refractivity contribution in [1.82, 2.24) is 14.1 Å². The van der Waals surface area contributed by atoms with Crippen LogP contribution in [0.25, 0.3) is 72.3 Å². The molecule has 9 heteroatoms. The number of rotatable bonds is 8. The van der Waals surface area contributed by atoms with Crippen LogP contribution in [0, 0.1) is 18.5 Å². The van der Waals surface area contributed by atoms with E-state index in [1.54, 1.807) is 33.4 Å². The van der Waals surface area contributed by atoms with E-state index in [2.05, 4.69) is 135 Å². The van der Waals surface area contributed by atoms with Crippen LogP contribution in [0.1, 0.15) is 40.0 Å². The zero-order valence-electron chi connectivity index (χ0n) is 50.2. The van der Waals surface area contributed by atoms with Crippen LogP contribution in [-0.2, 0) is 26.5 Å². The fraction of sp³-hybridized carbons (Fsp3) is 0.129. The zero-order chi connectivity index (χ0) is 56.6. The first-order valence-corrected chi connectivity index (χ1v) is 29.2. The maximum Gasteiger partial charge on any atom is 0.268 e. The van der Waals surface area contributed by atoms with E-state index in [0.717, 1.165) is 33.2 Å². The summed E-state index contributed by atoms with van der Waals surface area (Å²) in [5.74, 6) is 1.59. The van der Waals surface area contributed by atoms with E-state index in [-0.39, 0.29) is 54.4 Å². The minimum atomic E-state index is -2.24. The van der Waals surface area contributed by atoms with Crippen molar-refractivity contribution in [1.29, 1.82) is 0 Å². The molecule has 11 aromatic rings. The van der Waals surface area contributed by atoms with Gasteiger partial charge in [-0.3, -0.25) is 4.57 Å². The second kappa shape index (κ2) is 17.6. The van der Waals surface area contributed by atoms with Crippen LogP contribution in [0.15, 0.2) is 194 Å². The number of fused-ring (bicyclic) bond motifs is 5. The summed E-state index contributed by atoms with van der Waals surface area (Å²) < 4.78 is 103. The summed E-state index contributed by atoms with van der Waals surface area (Å²) in [7, 11) is -4.45. The summed E-state index contributed by atoms with van der Waals surface area (Å²) >= 11 is 0. The Morgan fingerprint density at radius 2 is 1.25 bits per heavy atom. The predicted octanol–water partition coefficient (Wildman–Crippen LogP) is 13.6. The third kappa shape index (κ3) is 7.80. The minimum absolute atomic E-state index is 0. The molecule has 4 heterocycles. The van der Waals surface area contributed by atoms with Crippen LogP contribution in [0.3, 0.4) is 0 Å². The number of hydrogen-bond acceptors (Lipinski definition) is 3. The van der Waals surface area contributed by atoms with E-state index >= 15 is 0 Å². The molecule has 12 rings (SSSR count). The SMILES string of the molecule is [2H]c1c([2H])c([2H])c(-c2cccc(-c3c([2H])c([2H])c([2H])c([2H])c3[2H])c2-[n+]2[c-]n(-c3[c-]c(Oc4[c-]c5c(cc4)c4cc6c(cc4n5-c4cc(C(C)(C)C)ccn4)[Si](C)(C)N(c4ccccc4)[Si]6(C)C)ccc3)c3ccccc32)c([2H])c1[2H].[Pt]. The van der Waals surface area contributed by atoms with Gasteiger partial charge in [0.2, 0.25) is 0 Å². The van der Waals surface area contributed by atoms with Crippen molar-refractivity contribution in [2.24, 2.45) is 0 Å². The van der Waals surface area contributed by atoms with E-state index in [0.29, 0.717) is 28.2 Å². The number of aromatic nitrogens is 4. The van der Waals surface area contributed by atoms with Crippen LogP contribution < -0.4 is 23.9 Å². The Labute approximate surface area is 447 Å². The molecule has 71 heavy (non-hydrogen) atoms. The van der Waals surface area contributed by atoms with Crippen molar-refractivity contribution in [2.75, 3.05) is 4.23 Å². The van der Waals surface area contributed by atoms with Gasteiger partial charge in [0, 0.05) is 50.0 Å². The van der Waals surface area contributed by atoms with Gasteiger partial charge in [0.05, 0.1) is 30.4 Å². The molecular weight excluding hydrogens is 1080 g/mol. The van der Waals surface area contributed by atoms with Crippen LogP contribution in [0.5, 0.6) is 11.5 Å². The molecule has 352 valence electrons. The molecule has 0 amide bonds. The molecule has 0 fully saturated rings. The first-order valence-electron chi connectivity index (χ1n) is 28.3. The van der Waals surface area contributed by atoms with Crippen molar-refractivity contribution < 1.29 is 44.1 Å². The number of benzene rings is 8. The van der Waals surface area contributed by atoms with Crippen LogP contribution in [0.4, 0.5) is 5.69 Å². The Hall–Kier alpha value is -7.10. The van der Waals surface area contributed by atoms with E-state index < -0.39 is 76.9 Å².